The summed E-state index contributed by atoms with van der Waals surface area (Å²) in [7, 11) is 0. The van der Waals surface area contributed by atoms with Crippen LogP contribution in [0.3, 0.4) is 0 Å². The van der Waals surface area contributed by atoms with Crippen LogP contribution in [-0.4, -0.2) is 33.3 Å². The molecule has 1 saturated carbocycles. The molecule has 1 aromatic heterocycles. The monoisotopic (exact) mass is 442 g/mol. The van der Waals surface area contributed by atoms with Crippen LogP contribution in [0.2, 0.25) is 0 Å². The van der Waals surface area contributed by atoms with Crippen molar-refractivity contribution >= 4 is 17.0 Å². The summed E-state index contributed by atoms with van der Waals surface area (Å²) in [6, 6.07) is 4.10. The molecule has 4 rings (SSSR count). The standard InChI is InChI=1S/C20H15F5N2O4/c21-14-10(7-11(20(23,24)25)15(22)16(14)28)18-27-12-6-9(2-3-13(12)31-18)17(29)26-8-19(30)4-1-5-19/h2-3,6-7,28,30H,1,4-5,8H2,(H,26,29). The smallest absolute Gasteiger partial charge is 0.419 e. The number of benzene rings is 2. The lowest BCUT2D eigenvalue weighted by Crippen LogP contribution is -2.47. The van der Waals surface area contributed by atoms with E-state index >= 15 is 0 Å². The first-order chi connectivity index (χ1) is 14.5. The number of hydrogen-bond acceptors (Lipinski definition) is 5. The second-order valence-electron chi connectivity index (χ2n) is 7.41. The van der Waals surface area contributed by atoms with Gasteiger partial charge < -0.3 is 19.9 Å². The number of fused-ring (bicyclic) bond motifs is 1. The van der Waals surface area contributed by atoms with Crippen molar-refractivity contribution in [2.24, 2.45) is 0 Å². The minimum Gasteiger partial charge on any atom is -0.503 e. The number of phenols is 1. The van der Waals surface area contributed by atoms with E-state index in [0.29, 0.717) is 12.8 Å². The number of nitrogens with one attached hydrogen (secondary N) is 1. The highest BCUT2D eigenvalue weighted by atomic mass is 19.4. The quantitative estimate of drug-likeness (QED) is 0.528. The third kappa shape index (κ3) is 3.80. The van der Waals surface area contributed by atoms with Crippen LogP contribution in [0.4, 0.5) is 22.0 Å². The Morgan fingerprint density at radius 1 is 1.19 bits per heavy atom. The summed E-state index contributed by atoms with van der Waals surface area (Å²) < 4.78 is 72.2. The summed E-state index contributed by atoms with van der Waals surface area (Å²) >= 11 is 0. The van der Waals surface area contributed by atoms with Gasteiger partial charge in [0.1, 0.15) is 5.52 Å². The SMILES string of the molecule is O=C(NCC1(O)CCC1)c1ccc2oc(-c3cc(C(F)(F)F)c(F)c(O)c3F)nc2c1. The van der Waals surface area contributed by atoms with Crippen molar-refractivity contribution in [3.63, 3.8) is 0 Å². The Hall–Kier alpha value is -3.21. The zero-order valence-electron chi connectivity index (χ0n) is 15.7. The van der Waals surface area contributed by atoms with Gasteiger partial charge in [0, 0.05) is 12.1 Å². The fraction of sp³-hybridized carbons (Fsp3) is 0.300. The maximum atomic E-state index is 14.3. The average molecular weight is 442 g/mol. The van der Waals surface area contributed by atoms with E-state index in [4.69, 9.17) is 4.42 Å². The lowest BCUT2D eigenvalue weighted by Gasteiger charge is -2.36. The van der Waals surface area contributed by atoms with Crippen molar-refractivity contribution in [3.8, 4) is 17.2 Å². The minimum absolute atomic E-state index is 0.0287. The number of aromatic nitrogens is 1. The van der Waals surface area contributed by atoms with E-state index < -0.39 is 52.1 Å². The van der Waals surface area contributed by atoms with E-state index in [2.05, 4.69) is 10.3 Å². The van der Waals surface area contributed by atoms with Crippen molar-refractivity contribution in [2.45, 2.75) is 31.0 Å². The Labute approximate surface area is 171 Å². The van der Waals surface area contributed by atoms with Gasteiger partial charge in [0.15, 0.2) is 23.0 Å². The average Bonchev–Trinajstić information content (AvgIpc) is 3.10. The molecule has 3 N–H and O–H groups in total. The number of halogens is 5. The molecular formula is C20H15F5N2O4. The molecule has 1 amide bonds. The number of carbonyl (C=O) groups excluding carboxylic acids is 1. The van der Waals surface area contributed by atoms with Crippen molar-refractivity contribution < 1.29 is 41.4 Å². The Morgan fingerprint density at radius 2 is 1.90 bits per heavy atom. The van der Waals surface area contributed by atoms with Gasteiger partial charge in [-0.3, -0.25) is 4.79 Å². The summed E-state index contributed by atoms with van der Waals surface area (Å²) in [6.45, 7) is 0.0637. The van der Waals surface area contributed by atoms with Gasteiger partial charge in [-0.15, -0.1) is 0 Å². The Morgan fingerprint density at radius 3 is 2.52 bits per heavy atom. The molecule has 0 spiro atoms. The van der Waals surface area contributed by atoms with Gasteiger partial charge in [0.25, 0.3) is 5.91 Å². The van der Waals surface area contributed by atoms with Crippen LogP contribution in [0.15, 0.2) is 28.7 Å². The maximum absolute atomic E-state index is 14.3. The van der Waals surface area contributed by atoms with E-state index in [1.165, 1.54) is 18.2 Å². The van der Waals surface area contributed by atoms with E-state index in [-0.39, 0.29) is 29.3 Å². The molecule has 0 unspecified atom stereocenters. The fourth-order valence-corrected chi connectivity index (χ4v) is 3.28. The third-order valence-corrected chi connectivity index (χ3v) is 5.23. The van der Waals surface area contributed by atoms with Crippen LogP contribution in [0, 0.1) is 11.6 Å². The molecule has 31 heavy (non-hydrogen) atoms. The van der Waals surface area contributed by atoms with E-state index in [1.807, 2.05) is 0 Å². The number of hydrogen-bond donors (Lipinski definition) is 3. The first-order valence-corrected chi connectivity index (χ1v) is 9.18. The van der Waals surface area contributed by atoms with E-state index in [9.17, 15) is 37.0 Å². The van der Waals surface area contributed by atoms with E-state index in [1.54, 1.807) is 0 Å². The lowest BCUT2D eigenvalue weighted by atomic mass is 9.80. The minimum atomic E-state index is -5.19. The predicted molar refractivity (Wildman–Crippen MR) is 97.2 cm³/mol. The van der Waals surface area contributed by atoms with Gasteiger partial charge in [-0.1, -0.05) is 0 Å². The number of aromatic hydroxyl groups is 1. The lowest BCUT2D eigenvalue weighted by molar-refractivity contribution is -0.140. The van der Waals surface area contributed by atoms with Crippen molar-refractivity contribution in [1.29, 1.82) is 0 Å². The molecule has 1 aliphatic rings. The zero-order valence-corrected chi connectivity index (χ0v) is 15.7. The molecule has 1 aliphatic carbocycles. The summed E-state index contributed by atoms with van der Waals surface area (Å²) in [5.74, 6) is -6.76. The number of alkyl halides is 3. The van der Waals surface area contributed by atoms with Crippen LogP contribution in [-0.2, 0) is 6.18 Å². The number of rotatable bonds is 4. The number of phenolic OH excluding ortho intramolecular Hbond substituents is 1. The zero-order chi connectivity index (χ0) is 22.6. The molecule has 11 heteroatoms. The Bertz CT molecular complexity index is 1180. The highest BCUT2D eigenvalue weighted by Gasteiger charge is 2.38. The fourth-order valence-electron chi connectivity index (χ4n) is 3.28. The van der Waals surface area contributed by atoms with Crippen LogP contribution in [0.1, 0.15) is 35.2 Å². The Kier molecular flexibility index (Phi) is 4.88. The highest BCUT2D eigenvalue weighted by molar-refractivity contribution is 5.97. The molecule has 0 radical (unpaired) electrons. The summed E-state index contributed by atoms with van der Waals surface area (Å²) in [5.41, 5.74) is -3.51. The van der Waals surface area contributed by atoms with Crippen LogP contribution >= 0.6 is 0 Å². The van der Waals surface area contributed by atoms with Crippen molar-refractivity contribution in [2.75, 3.05) is 6.54 Å². The summed E-state index contributed by atoms with van der Waals surface area (Å²) in [6.07, 6.45) is -3.17. The molecule has 2 aromatic carbocycles. The van der Waals surface area contributed by atoms with Gasteiger partial charge in [-0.05, 0) is 43.5 Å². The highest BCUT2D eigenvalue weighted by Crippen LogP contribution is 2.40. The van der Waals surface area contributed by atoms with Crippen LogP contribution in [0.5, 0.6) is 5.75 Å². The van der Waals surface area contributed by atoms with Gasteiger partial charge >= 0.3 is 6.18 Å². The van der Waals surface area contributed by atoms with Crippen LogP contribution < -0.4 is 5.32 Å². The number of aliphatic hydroxyl groups is 1. The first kappa shape index (κ1) is 21.0. The number of carbonyl (C=O) groups is 1. The van der Waals surface area contributed by atoms with Gasteiger partial charge in [0.2, 0.25) is 5.89 Å². The van der Waals surface area contributed by atoms with Crippen LogP contribution in [0.25, 0.3) is 22.6 Å². The normalized spacial score (nSPS) is 15.7. The topological polar surface area (TPSA) is 95.6 Å². The molecule has 3 aromatic rings. The van der Waals surface area contributed by atoms with Gasteiger partial charge in [-0.25, -0.2) is 13.8 Å². The first-order valence-electron chi connectivity index (χ1n) is 9.18. The molecule has 0 bridgehead atoms. The number of nitrogens with zero attached hydrogens (tertiary/aromatic N) is 1. The molecule has 0 aliphatic heterocycles. The molecule has 0 saturated heterocycles. The molecule has 164 valence electrons. The third-order valence-electron chi connectivity index (χ3n) is 5.23. The van der Waals surface area contributed by atoms with Crippen molar-refractivity contribution in [3.05, 3.63) is 47.0 Å². The Balaban J connectivity index is 1.67. The summed E-state index contributed by atoms with van der Waals surface area (Å²) in [5, 5.41) is 22.1. The second kappa shape index (κ2) is 7.19. The van der Waals surface area contributed by atoms with Crippen molar-refractivity contribution in [1.82, 2.24) is 10.3 Å². The van der Waals surface area contributed by atoms with E-state index in [0.717, 1.165) is 6.42 Å². The largest absolute Gasteiger partial charge is 0.503 e. The number of amides is 1. The second-order valence-corrected chi connectivity index (χ2v) is 7.41. The predicted octanol–water partition coefficient (Wildman–Crippen LogP) is 4.14. The summed E-state index contributed by atoms with van der Waals surface area (Å²) in [4.78, 5) is 16.2. The molecular weight excluding hydrogens is 427 g/mol. The molecule has 1 fully saturated rings. The van der Waals surface area contributed by atoms with Gasteiger partial charge in [0.05, 0.1) is 16.7 Å². The van der Waals surface area contributed by atoms with Gasteiger partial charge in [-0.2, -0.15) is 13.2 Å². The maximum Gasteiger partial charge on any atom is 0.419 e. The number of oxazole rings is 1. The molecule has 6 nitrogen and oxygen atoms in total. The molecule has 1 heterocycles. The molecule has 0 atom stereocenters.